The smallest absolute Gasteiger partial charge is 0.331 e. The van der Waals surface area contributed by atoms with Crippen LogP contribution in [0.4, 0.5) is 4.39 Å². The fourth-order valence-corrected chi connectivity index (χ4v) is 2.01. The molecule has 1 atom stereocenters. The molecule has 0 spiro atoms. The van der Waals surface area contributed by atoms with Crippen LogP contribution in [0, 0.1) is 5.82 Å². The normalized spacial score (nSPS) is 18.7. The average molecular weight is 283 g/mol. The Morgan fingerprint density at radius 1 is 1.50 bits per heavy atom. The van der Waals surface area contributed by atoms with Crippen molar-refractivity contribution in [2.24, 2.45) is 0 Å². The third-order valence-corrected chi connectivity index (χ3v) is 3.05. The SMILES string of the molecule is COC(=O)C1COCCN1C(=O)c1cc(F)ccc1O. The van der Waals surface area contributed by atoms with Crippen LogP contribution in [-0.4, -0.2) is 54.8 Å². The van der Waals surface area contributed by atoms with Gasteiger partial charge in [0, 0.05) is 6.54 Å². The first-order valence-corrected chi connectivity index (χ1v) is 5.99. The van der Waals surface area contributed by atoms with Crippen molar-refractivity contribution >= 4 is 11.9 Å². The van der Waals surface area contributed by atoms with Gasteiger partial charge in [0.1, 0.15) is 11.6 Å². The van der Waals surface area contributed by atoms with E-state index in [9.17, 15) is 19.1 Å². The van der Waals surface area contributed by atoms with Gasteiger partial charge < -0.3 is 19.5 Å². The van der Waals surface area contributed by atoms with Gasteiger partial charge in [-0.3, -0.25) is 4.79 Å². The van der Waals surface area contributed by atoms with Gasteiger partial charge >= 0.3 is 5.97 Å². The third-order valence-electron chi connectivity index (χ3n) is 3.05. The maximum Gasteiger partial charge on any atom is 0.331 e. The van der Waals surface area contributed by atoms with Crippen molar-refractivity contribution in [1.29, 1.82) is 0 Å². The van der Waals surface area contributed by atoms with Crippen molar-refractivity contribution in [3.05, 3.63) is 29.6 Å². The molecule has 1 amide bonds. The Labute approximate surface area is 114 Å². The fraction of sp³-hybridized carbons (Fsp3) is 0.385. The number of carbonyl (C=O) groups excluding carboxylic acids is 2. The molecule has 1 unspecified atom stereocenters. The summed E-state index contributed by atoms with van der Waals surface area (Å²) >= 11 is 0. The van der Waals surface area contributed by atoms with Crippen molar-refractivity contribution in [1.82, 2.24) is 4.90 Å². The minimum Gasteiger partial charge on any atom is -0.507 e. The molecule has 1 aromatic carbocycles. The van der Waals surface area contributed by atoms with E-state index in [0.29, 0.717) is 0 Å². The molecule has 1 heterocycles. The zero-order chi connectivity index (χ0) is 14.7. The van der Waals surface area contributed by atoms with Crippen molar-refractivity contribution in [2.75, 3.05) is 26.9 Å². The Balaban J connectivity index is 2.30. The molecule has 1 N–H and O–H groups in total. The second-order valence-electron chi connectivity index (χ2n) is 4.27. The highest BCUT2D eigenvalue weighted by Crippen LogP contribution is 2.22. The van der Waals surface area contributed by atoms with Crippen LogP contribution >= 0.6 is 0 Å². The first kappa shape index (κ1) is 14.3. The van der Waals surface area contributed by atoms with E-state index in [1.54, 1.807) is 0 Å². The molecule has 1 aliphatic rings. The Morgan fingerprint density at radius 2 is 2.25 bits per heavy atom. The highest BCUT2D eigenvalue weighted by molar-refractivity contribution is 5.99. The number of carbonyl (C=O) groups is 2. The average Bonchev–Trinajstić information content (AvgIpc) is 2.48. The van der Waals surface area contributed by atoms with Crippen LogP contribution in [-0.2, 0) is 14.3 Å². The van der Waals surface area contributed by atoms with Gasteiger partial charge in [0.25, 0.3) is 5.91 Å². The fourth-order valence-electron chi connectivity index (χ4n) is 2.01. The number of morpholine rings is 1. The molecule has 6 nitrogen and oxygen atoms in total. The van der Waals surface area contributed by atoms with E-state index >= 15 is 0 Å². The number of hydrogen-bond acceptors (Lipinski definition) is 5. The molecule has 0 saturated carbocycles. The number of nitrogens with zero attached hydrogens (tertiary/aromatic N) is 1. The predicted octanol–water partition coefficient (Wildman–Crippen LogP) is 0.545. The summed E-state index contributed by atoms with van der Waals surface area (Å²) in [7, 11) is 1.21. The summed E-state index contributed by atoms with van der Waals surface area (Å²) in [6.45, 7) is 0.429. The van der Waals surface area contributed by atoms with Gasteiger partial charge in [0.2, 0.25) is 0 Å². The van der Waals surface area contributed by atoms with Gasteiger partial charge in [0.15, 0.2) is 6.04 Å². The first-order valence-electron chi connectivity index (χ1n) is 5.99. The number of amides is 1. The number of hydrogen-bond donors (Lipinski definition) is 1. The molecule has 0 radical (unpaired) electrons. The number of rotatable bonds is 2. The van der Waals surface area contributed by atoms with Crippen LogP contribution in [0.2, 0.25) is 0 Å². The second kappa shape index (κ2) is 5.87. The van der Waals surface area contributed by atoms with Crippen molar-refractivity contribution in [2.45, 2.75) is 6.04 Å². The molecule has 1 saturated heterocycles. The van der Waals surface area contributed by atoms with Crippen molar-refractivity contribution in [3.8, 4) is 5.75 Å². The number of benzene rings is 1. The summed E-state index contributed by atoms with van der Waals surface area (Å²) in [6, 6.07) is 2.17. The van der Waals surface area contributed by atoms with E-state index < -0.39 is 23.7 Å². The zero-order valence-corrected chi connectivity index (χ0v) is 10.8. The van der Waals surface area contributed by atoms with E-state index in [0.717, 1.165) is 18.2 Å². The first-order chi connectivity index (χ1) is 9.54. The number of phenols is 1. The predicted molar refractivity (Wildman–Crippen MR) is 65.7 cm³/mol. The summed E-state index contributed by atoms with van der Waals surface area (Å²) in [5.74, 6) is -2.24. The maximum absolute atomic E-state index is 13.2. The Morgan fingerprint density at radius 3 is 2.95 bits per heavy atom. The van der Waals surface area contributed by atoms with Crippen LogP contribution < -0.4 is 0 Å². The molecule has 1 aliphatic heterocycles. The van der Waals surface area contributed by atoms with E-state index in [1.165, 1.54) is 12.0 Å². The zero-order valence-electron chi connectivity index (χ0n) is 10.8. The van der Waals surface area contributed by atoms with E-state index in [1.807, 2.05) is 0 Å². The lowest BCUT2D eigenvalue weighted by molar-refractivity contribution is -0.151. The number of phenolic OH excluding ortho intramolecular Hbond substituents is 1. The molecule has 2 rings (SSSR count). The molecular formula is C13H14FNO5. The summed E-state index contributed by atoms with van der Waals surface area (Å²) in [5, 5.41) is 9.66. The van der Waals surface area contributed by atoms with Crippen LogP contribution in [0.5, 0.6) is 5.75 Å². The molecule has 0 bridgehead atoms. The molecule has 1 aromatic rings. The molecular weight excluding hydrogens is 269 g/mol. The number of halogens is 1. The number of ether oxygens (including phenoxy) is 2. The topological polar surface area (TPSA) is 76.1 Å². The molecule has 7 heteroatoms. The highest BCUT2D eigenvalue weighted by atomic mass is 19.1. The number of methoxy groups -OCH3 is 1. The van der Waals surface area contributed by atoms with Crippen LogP contribution in [0.1, 0.15) is 10.4 Å². The highest BCUT2D eigenvalue weighted by Gasteiger charge is 2.35. The van der Waals surface area contributed by atoms with E-state index in [-0.39, 0.29) is 31.1 Å². The van der Waals surface area contributed by atoms with Gasteiger partial charge in [-0.05, 0) is 18.2 Å². The Bertz CT molecular complexity index is 533. The molecule has 0 aromatic heterocycles. The summed E-state index contributed by atoms with van der Waals surface area (Å²) in [5.41, 5.74) is -0.194. The van der Waals surface area contributed by atoms with Crippen LogP contribution in [0.15, 0.2) is 18.2 Å². The summed E-state index contributed by atoms with van der Waals surface area (Å²) in [4.78, 5) is 25.2. The van der Waals surface area contributed by atoms with Crippen LogP contribution in [0.3, 0.4) is 0 Å². The van der Waals surface area contributed by atoms with Crippen LogP contribution in [0.25, 0.3) is 0 Å². The van der Waals surface area contributed by atoms with Gasteiger partial charge in [-0.1, -0.05) is 0 Å². The van der Waals surface area contributed by atoms with E-state index in [2.05, 4.69) is 4.74 Å². The second-order valence-corrected chi connectivity index (χ2v) is 4.27. The molecule has 1 fully saturated rings. The lowest BCUT2D eigenvalue weighted by atomic mass is 10.1. The standard InChI is InChI=1S/C13H14FNO5/c1-19-13(18)10-7-20-5-4-15(10)12(17)9-6-8(14)2-3-11(9)16/h2-3,6,10,16H,4-5,7H2,1H3. The number of esters is 1. The van der Waals surface area contributed by atoms with Gasteiger partial charge in [-0.15, -0.1) is 0 Å². The van der Waals surface area contributed by atoms with Gasteiger partial charge in [-0.2, -0.15) is 0 Å². The van der Waals surface area contributed by atoms with Gasteiger partial charge in [0.05, 0.1) is 25.9 Å². The van der Waals surface area contributed by atoms with Crippen molar-refractivity contribution in [3.63, 3.8) is 0 Å². The Hall–Kier alpha value is -2.15. The minimum atomic E-state index is -0.899. The molecule has 20 heavy (non-hydrogen) atoms. The van der Waals surface area contributed by atoms with E-state index in [4.69, 9.17) is 4.74 Å². The van der Waals surface area contributed by atoms with Crippen molar-refractivity contribution < 1.29 is 28.6 Å². The molecule has 0 aliphatic carbocycles. The summed E-state index contributed by atoms with van der Waals surface area (Å²) in [6.07, 6.45) is 0. The lowest BCUT2D eigenvalue weighted by Crippen LogP contribution is -2.53. The largest absolute Gasteiger partial charge is 0.507 e. The minimum absolute atomic E-state index is 0.00842. The Kier molecular flexibility index (Phi) is 4.19. The van der Waals surface area contributed by atoms with Gasteiger partial charge in [-0.25, -0.2) is 9.18 Å². The molecule has 108 valence electrons. The lowest BCUT2D eigenvalue weighted by Gasteiger charge is -2.33. The quantitative estimate of drug-likeness (QED) is 0.802. The number of aromatic hydroxyl groups is 1. The summed E-state index contributed by atoms with van der Waals surface area (Å²) < 4.78 is 23.0. The third kappa shape index (κ3) is 2.72. The monoisotopic (exact) mass is 283 g/mol. The maximum atomic E-state index is 13.2.